The van der Waals surface area contributed by atoms with Crippen molar-refractivity contribution >= 4 is 16.7 Å². The highest BCUT2D eigenvalue weighted by molar-refractivity contribution is 5.80. The number of benzene rings is 2. The molecule has 0 bridgehead atoms. The first-order chi connectivity index (χ1) is 9.83. The zero-order valence-corrected chi connectivity index (χ0v) is 11.4. The summed E-state index contributed by atoms with van der Waals surface area (Å²) in [5, 5.41) is 12.4. The van der Waals surface area contributed by atoms with Gasteiger partial charge >= 0.3 is 0 Å². The van der Waals surface area contributed by atoms with Gasteiger partial charge in [-0.05, 0) is 36.4 Å². The molecule has 0 spiro atoms. The SMILES string of the molecule is CNc1ccc(-c2nc3ccccc3n2CCO)cc1. The number of imidazole rings is 1. The fraction of sp³-hybridized carbons (Fsp3) is 0.188. The second-order valence-electron chi connectivity index (χ2n) is 4.63. The van der Waals surface area contributed by atoms with E-state index in [1.165, 1.54) is 0 Å². The number of hydrogen-bond donors (Lipinski definition) is 2. The number of anilines is 1. The Morgan fingerprint density at radius 3 is 2.55 bits per heavy atom. The number of nitrogens with one attached hydrogen (secondary N) is 1. The first-order valence-corrected chi connectivity index (χ1v) is 6.68. The number of rotatable bonds is 4. The second-order valence-corrected chi connectivity index (χ2v) is 4.63. The van der Waals surface area contributed by atoms with Crippen molar-refractivity contribution in [1.29, 1.82) is 0 Å². The summed E-state index contributed by atoms with van der Waals surface area (Å²) in [5.41, 5.74) is 4.12. The van der Waals surface area contributed by atoms with Gasteiger partial charge in [-0.25, -0.2) is 4.98 Å². The van der Waals surface area contributed by atoms with Crippen LogP contribution in [0.3, 0.4) is 0 Å². The topological polar surface area (TPSA) is 50.1 Å². The van der Waals surface area contributed by atoms with Gasteiger partial charge in [-0.2, -0.15) is 0 Å². The lowest BCUT2D eigenvalue weighted by Crippen LogP contribution is -2.04. The third-order valence-corrected chi connectivity index (χ3v) is 3.41. The molecule has 2 aromatic carbocycles. The Bertz CT molecular complexity index is 716. The summed E-state index contributed by atoms with van der Waals surface area (Å²) >= 11 is 0. The zero-order valence-electron chi connectivity index (χ0n) is 11.4. The van der Waals surface area contributed by atoms with Crippen LogP contribution in [0.4, 0.5) is 5.69 Å². The molecule has 3 rings (SSSR count). The third-order valence-electron chi connectivity index (χ3n) is 3.41. The van der Waals surface area contributed by atoms with Crippen LogP contribution < -0.4 is 5.32 Å². The maximum atomic E-state index is 9.29. The Balaban J connectivity index is 2.15. The van der Waals surface area contributed by atoms with Crippen molar-refractivity contribution in [3.05, 3.63) is 48.5 Å². The van der Waals surface area contributed by atoms with Gasteiger partial charge in [0.1, 0.15) is 5.82 Å². The monoisotopic (exact) mass is 267 g/mol. The molecule has 0 saturated carbocycles. The van der Waals surface area contributed by atoms with E-state index in [4.69, 9.17) is 0 Å². The summed E-state index contributed by atoms with van der Waals surface area (Å²) in [5.74, 6) is 0.892. The molecular weight excluding hydrogens is 250 g/mol. The van der Waals surface area contributed by atoms with E-state index in [9.17, 15) is 5.11 Å². The molecule has 2 N–H and O–H groups in total. The van der Waals surface area contributed by atoms with Gasteiger partial charge in [-0.1, -0.05) is 12.1 Å². The Morgan fingerprint density at radius 1 is 1.10 bits per heavy atom. The molecule has 0 fully saturated rings. The summed E-state index contributed by atoms with van der Waals surface area (Å²) in [6, 6.07) is 16.1. The van der Waals surface area contributed by atoms with Crippen LogP contribution in [-0.4, -0.2) is 28.3 Å². The minimum absolute atomic E-state index is 0.0992. The van der Waals surface area contributed by atoms with Crippen molar-refractivity contribution < 1.29 is 5.11 Å². The Kier molecular flexibility index (Phi) is 3.39. The van der Waals surface area contributed by atoms with Crippen LogP contribution in [0, 0.1) is 0 Å². The van der Waals surface area contributed by atoms with E-state index in [0.29, 0.717) is 6.54 Å². The number of hydrogen-bond acceptors (Lipinski definition) is 3. The standard InChI is InChI=1S/C16H17N3O/c1-17-13-8-6-12(7-9-13)16-18-14-4-2-3-5-15(14)19(16)10-11-20/h2-9,17,20H,10-11H2,1H3. The Labute approximate surface area is 117 Å². The van der Waals surface area contributed by atoms with E-state index < -0.39 is 0 Å². The van der Waals surface area contributed by atoms with Gasteiger partial charge in [0.05, 0.1) is 17.6 Å². The highest BCUT2D eigenvalue weighted by Gasteiger charge is 2.11. The van der Waals surface area contributed by atoms with Crippen LogP contribution in [0.1, 0.15) is 0 Å². The summed E-state index contributed by atoms with van der Waals surface area (Å²) in [7, 11) is 1.90. The first-order valence-electron chi connectivity index (χ1n) is 6.68. The molecule has 1 aromatic heterocycles. The molecule has 0 aliphatic rings. The molecular formula is C16H17N3O. The van der Waals surface area contributed by atoms with Crippen LogP contribution in [0.2, 0.25) is 0 Å². The van der Waals surface area contributed by atoms with E-state index in [1.54, 1.807) is 0 Å². The predicted molar refractivity (Wildman–Crippen MR) is 81.8 cm³/mol. The van der Waals surface area contributed by atoms with Crippen molar-refractivity contribution in [2.45, 2.75) is 6.54 Å². The fourth-order valence-electron chi connectivity index (χ4n) is 2.41. The van der Waals surface area contributed by atoms with Crippen molar-refractivity contribution in [2.75, 3.05) is 19.0 Å². The molecule has 0 aliphatic heterocycles. The lowest BCUT2D eigenvalue weighted by Gasteiger charge is -2.08. The summed E-state index contributed by atoms with van der Waals surface area (Å²) in [6.07, 6.45) is 0. The maximum absolute atomic E-state index is 9.29. The van der Waals surface area contributed by atoms with E-state index in [2.05, 4.69) is 14.9 Å². The summed E-state index contributed by atoms with van der Waals surface area (Å²) in [6.45, 7) is 0.644. The van der Waals surface area contributed by atoms with Gasteiger partial charge in [0.25, 0.3) is 0 Å². The Morgan fingerprint density at radius 2 is 1.85 bits per heavy atom. The number of para-hydroxylation sites is 2. The molecule has 0 atom stereocenters. The lowest BCUT2D eigenvalue weighted by molar-refractivity contribution is 0.278. The quantitative estimate of drug-likeness (QED) is 0.764. The average Bonchev–Trinajstić information content (AvgIpc) is 2.87. The molecule has 4 nitrogen and oxygen atoms in total. The van der Waals surface area contributed by atoms with Crippen molar-refractivity contribution in [3.8, 4) is 11.4 Å². The summed E-state index contributed by atoms with van der Waals surface area (Å²) < 4.78 is 2.06. The van der Waals surface area contributed by atoms with E-state index in [1.807, 2.05) is 55.6 Å². The molecule has 0 aliphatic carbocycles. The molecule has 0 radical (unpaired) electrons. The minimum Gasteiger partial charge on any atom is -0.395 e. The van der Waals surface area contributed by atoms with Crippen LogP contribution in [0.5, 0.6) is 0 Å². The largest absolute Gasteiger partial charge is 0.395 e. The van der Waals surface area contributed by atoms with Gasteiger partial charge in [-0.15, -0.1) is 0 Å². The van der Waals surface area contributed by atoms with Crippen molar-refractivity contribution in [3.63, 3.8) is 0 Å². The smallest absolute Gasteiger partial charge is 0.141 e. The number of aliphatic hydroxyl groups excluding tert-OH is 1. The highest BCUT2D eigenvalue weighted by Crippen LogP contribution is 2.25. The van der Waals surface area contributed by atoms with E-state index in [-0.39, 0.29) is 6.61 Å². The number of nitrogens with zero attached hydrogens (tertiary/aromatic N) is 2. The zero-order chi connectivity index (χ0) is 13.9. The van der Waals surface area contributed by atoms with Gasteiger partial charge in [0.2, 0.25) is 0 Å². The van der Waals surface area contributed by atoms with Crippen LogP contribution >= 0.6 is 0 Å². The van der Waals surface area contributed by atoms with Gasteiger partial charge < -0.3 is 15.0 Å². The van der Waals surface area contributed by atoms with Gasteiger partial charge in [0, 0.05) is 24.8 Å². The maximum Gasteiger partial charge on any atom is 0.141 e. The molecule has 102 valence electrons. The Hall–Kier alpha value is -2.33. The van der Waals surface area contributed by atoms with Crippen LogP contribution in [0.15, 0.2) is 48.5 Å². The normalized spacial score (nSPS) is 10.9. The van der Waals surface area contributed by atoms with E-state index in [0.717, 1.165) is 28.1 Å². The number of aromatic nitrogens is 2. The minimum atomic E-state index is 0.0992. The first kappa shape index (κ1) is 12.7. The van der Waals surface area contributed by atoms with E-state index >= 15 is 0 Å². The molecule has 1 heterocycles. The number of fused-ring (bicyclic) bond motifs is 1. The molecule has 0 saturated heterocycles. The van der Waals surface area contributed by atoms with Crippen LogP contribution in [0.25, 0.3) is 22.4 Å². The second kappa shape index (κ2) is 5.35. The third kappa shape index (κ3) is 2.14. The molecule has 20 heavy (non-hydrogen) atoms. The highest BCUT2D eigenvalue weighted by atomic mass is 16.3. The van der Waals surface area contributed by atoms with Gasteiger partial charge in [-0.3, -0.25) is 0 Å². The van der Waals surface area contributed by atoms with Gasteiger partial charge in [0.15, 0.2) is 0 Å². The van der Waals surface area contributed by atoms with Crippen LogP contribution in [-0.2, 0) is 6.54 Å². The van der Waals surface area contributed by atoms with Crippen molar-refractivity contribution in [1.82, 2.24) is 9.55 Å². The number of aliphatic hydroxyl groups is 1. The predicted octanol–water partition coefficient (Wildman–Crippen LogP) is 2.74. The summed E-state index contributed by atoms with van der Waals surface area (Å²) in [4.78, 5) is 4.69. The average molecular weight is 267 g/mol. The van der Waals surface area contributed by atoms with Crippen molar-refractivity contribution in [2.24, 2.45) is 0 Å². The molecule has 4 heteroatoms. The lowest BCUT2D eigenvalue weighted by atomic mass is 10.2. The molecule has 0 unspecified atom stereocenters. The fourth-order valence-corrected chi connectivity index (χ4v) is 2.41. The molecule has 0 amide bonds. The molecule has 3 aromatic rings.